The van der Waals surface area contributed by atoms with Gasteiger partial charge in [-0.3, -0.25) is 24.8 Å². The Morgan fingerprint density at radius 1 is 1.09 bits per heavy atom. The minimum absolute atomic E-state index is 0.223. The smallest absolute Gasteiger partial charge is 0.296 e. The van der Waals surface area contributed by atoms with Gasteiger partial charge in [-0.05, 0) is 50.3 Å². The van der Waals surface area contributed by atoms with Gasteiger partial charge < -0.3 is 0 Å². The Labute approximate surface area is 195 Å². The molecule has 4 heterocycles. The van der Waals surface area contributed by atoms with Crippen molar-refractivity contribution in [2.24, 2.45) is 5.92 Å². The van der Waals surface area contributed by atoms with Crippen LogP contribution >= 0.6 is 0 Å². The quantitative estimate of drug-likeness (QED) is 0.754. The van der Waals surface area contributed by atoms with Gasteiger partial charge in [-0.2, -0.15) is 5.10 Å². The fourth-order valence-electron chi connectivity index (χ4n) is 5.99. The molecule has 1 aliphatic carbocycles. The SMILES string of the molecule is C[C@H]1CN(Cc2ccn3ncc(N4CCC(=O)NC4=O)c3c2)C[C@H](C)N1CC1CCCCC1. The number of carbonyl (C=O) groups excluding carboxylic acids is 2. The number of carbonyl (C=O) groups is 2. The van der Waals surface area contributed by atoms with E-state index in [1.807, 2.05) is 6.20 Å². The molecule has 1 saturated carbocycles. The number of nitrogens with zero attached hydrogens (tertiary/aromatic N) is 5. The maximum atomic E-state index is 12.3. The zero-order valence-corrected chi connectivity index (χ0v) is 19.9. The molecule has 2 saturated heterocycles. The number of urea groups is 1. The molecule has 3 amide bonds. The van der Waals surface area contributed by atoms with E-state index in [-0.39, 0.29) is 11.9 Å². The number of hydrogen-bond donors (Lipinski definition) is 1. The van der Waals surface area contributed by atoms with Crippen LogP contribution in [0.1, 0.15) is 57.9 Å². The van der Waals surface area contributed by atoms with Gasteiger partial charge in [0.15, 0.2) is 0 Å². The average Bonchev–Trinajstić information content (AvgIpc) is 3.20. The van der Waals surface area contributed by atoms with Gasteiger partial charge in [0.2, 0.25) is 5.91 Å². The van der Waals surface area contributed by atoms with Crippen molar-refractivity contribution in [1.82, 2.24) is 24.7 Å². The van der Waals surface area contributed by atoms with E-state index in [2.05, 4.69) is 46.2 Å². The van der Waals surface area contributed by atoms with Crippen LogP contribution in [0.5, 0.6) is 0 Å². The van der Waals surface area contributed by atoms with Crippen molar-refractivity contribution in [3.8, 4) is 0 Å². The summed E-state index contributed by atoms with van der Waals surface area (Å²) in [5.41, 5.74) is 2.87. The lowest BCUT2D eigenvalue weighted by molar-refractivity contribution is -0.120. The standard InChI is InChI=1S/C25H36N6O2/c1-18-14-28(15-19(2)30(18)17-20-6-4-3-5-7-20)16-21-8-11-31-22(12-21)23(13-26-31)29-10-9-24(32)27-25(29)33/h8,11-13,18-20H,3-7,9-10,14-17H2,1-2H3,(H,27,32,33)/t18-,19-/m0/s1. The van der Waals surface area contributed by atoms with Crippen molar-refractivity contribution in [3.63, 3.8) is 0 Å². The number of pyridine rings is 1. The second-order valence-electron chi connectivity index (χ2n) is 10.2. The van der Waals surface area contributed by atoms with E-state index in [1.54, 1.807) is 15.6 Å². The van der Waals surface area contributed by atoms with Gasteiger partial charge in [-0.25, -0.2) is 9.31 Å². The highest BCUT2D eigenvalue weighted by molar-refractivity contribution is 6.07. The lowest BCUT2D eigenvalue weighted by Crippen LogP contribution is -2.57. The van der Waals surface area contributed by atoms with Gasteiger partial charge in [-0.15, -0.1) is 0 Å². The molecule has 3 fully saturated rings. The molecule has 2 aliphatic heterocycles. The molecule has 33 heavy (non-hydrogen) atoms. The van der Waals surface area contributed by atoms with Crippen LogP contribution in [0.4, 0.5) is 10.5 Å². The van der Waals surface area contributed by atoms with Crippen LogP contribution in [0.2, 0.25) is 0 Å². The van der Waals surface area contributed by atoms with Gasteiger partial charge in [0, 0.05) is 57.4 Å². The molecule has 0 spiro atoms. The third kappa shape index (κ3) is 4.77. The van der Waals surface area contributed by atoms with Gasteiger partial charge >= 0.3 is 6.03 Å². The Bertz CT molecular complexity index is 1000. The van der Waals surface area contributed by atoms with Crippen LogP contribution < -0.4 is 10.2 Å². The van der Waals surface area contributed by atoms with Crippen LogP contribution in [-0.4, -0.2) is 69.6 Å². The summed E-state index contributed by atoms with van der Waals surface area (Å²) in [4.78, 5) is 30.8. The number of fused-ring (bicyclic) bond motifs is 1. The van der Waals surface area contributed by atoms with Crippen molar-refractivity contribution in [1.29, 1.82) is 0 Å². The molecular weight excluding hydrogens is 416 g/mol. The summed E-state index contributed by atoms with van der Waals surface area (Å²) in [6, 6.07) is 4.99. The molecule has 8 nitrogen and oxygen atoms in total. The summed E-state index contributed by atoms with van der Waals surface area (Å²) in [7, 11) is 0. The molecular formula is C25H36N6O2. The zero-order valence-electron chi connectivity index (χ0n) is 19.9. The summed E-state index contributed by atoms with van der Waals surface area (Å²) >= 11 is 0. The maximum Gasteiger partial charge on any atom is 0.328 e. The molecule has 2 aromatic heterocycles. The first-order chi connectivity index (χ1) is 16.0. The van der Waals surface area contributed by atoms with Gasteiger partial charge in [0.25, 0.3) is 0 Å². The molecule has 2 atom stereocenters. The fraction of sp³-hybridized carbons (Fsp3) is 0.640. The lowest BCUT2D eigenvalue weighted by Gasteiger charge is -2.46. The summed E-state index contributed by atoms with van der Waals surface area (Å²) in [5, 5.41) is 6.82. The molecule has 8 heteroatoms. The zero-order chi connectivity index (χ0) is 22.9. The maximum absolute atomic E-state index is 12.3. The van der Waals surface area contributed by atoms with Crippen molar-refractivity contribution < 1.29 is 9.59 Å². The van der Waals surface area contributed by atoms with E-state index < -0.39 is 0 Å². The van der Waals surface area contributed by atoms with E-state index in [0.29, 0.717) is 25.0 Å². The Kier molecular flexibility index (Phi) is 6.38. The molecule has 0 radical (unpaired) electrons. The summed E-state index contributed by atoms with van der Waals surface area (Å²) in [6.07, 6.45) is 11.0. The Balaban J connectivity index is 1.26. The number of rotatable bonds is 5. The summed E-state index contributed by atoms with van der Waals surface area (Å²) in [6.45, 7) is 9.42. The van der Waals surface area contributed by atoms with Crippen molar-refractivity contribution in [2.45, 2.75) is 71.0 Å². The molecule has 1 N–H and O–H groups in total. The summed E-state index contributed by atoms with van der Waals surface area (Å²) < 4.78 is 1.80. The van der Waals surface area contributed by atoms with E-state index >= 15 is 0 Å². The molecule has 178 valence electrons. The third-order valence-corrected chi connectivity index (χ3v) is 7.69. The van der Waals surface area contributed by atoms with E-state index in [0.717, 1.165) is 36.8 Å². The number of hydrogen-bond acceptors (Lipinski definition) is 5. The van der Waals surface area contributed by atoms with Gasteiger partial charge in [0.1, 0.15) is 0 Å². The van der Waals surface area contributed by atoms with E-state index in [4.69, 9.17) is 0 Å². The fourth-order valence-corrected chi connectivity index (χ4v) is 5.99. The minimum Gasteiger partial charge on any atom is -0.296 e. The first-order valence-corrected chi connectivity index (χ1v) is 12.5. The van der Waals surface area contributed by atoms with Crippen molar-refractivity contribution in [3.05, 3.63) is 30.1 Å². The molecule has 2 aromatic rings. The number of nitrogens with one attached hydrogen (secondary N) is 1. The van der Waals surface area contributed by atoms with Gasteiger partial charge in [-0.1, -0.05) is 19.3 Å². The van der Waals surface area contributed by atoms with Crippen molar-refractivity contribution >= 4 is 23.1 Å². The van der Waals surface area contributed by atoms with Crippen LogP contribution in [0.15, 0.2) is 24.5 Å². The predicted octanol–water partition coefficient (Wildman–Crippen LogP) is 3.26. The highest BCUT2D eigenvalue weighted by Crippen LogP contribution is 2.28. The first-order valence-electron chi connectivity index (χ1n) is 12.5. The van der Waals surface area contributed by atoms with E-state index in [9.17, 15) is 9.59 Å². The second kappa shape index (κ2) is 9.43. The second-order valence-corrected chi connectivity index (χ2v) is 10.2. The number of anilines is 1. The largest absolute Gasteiger partial charge is 0.328 e. The van der Waals surface area contributed by atoms with Crippen LogP contribution in [0.25, 0.3) is 5.52 Å². The highest BCUT2D eigenvalue weighted by Gasteiger charge is 2.31. The number of piperazine rings is 1. The minimum atomic E-state index is -0.372. The monoisotopic (exact) mass is 452 g/mol. The number of aromatic nitrogens is 2. The molecule has 0 aromatic carbocycles. The average molecular weight is 453 g/mol. The lowest BCUT2D eigenvalue weighted by atomic mass is 9.88. The van der Waals surface area contributed by atoms with E-state index in [1.165, 1.54) is 44.2 Å². The van der Waals surface area contributed by atoms with Crippen LogP contribution in [0, 0.1) is 5.92 Å². The molecule has 0 unspecified atom stereocenters. The number of imide groups is 1. The normalized spacial score (nSPS) is 26.2. The Hall–Kier alpha value is -2.45. The molecule has 5 rings (SSSR count). The van der Waals surface area contributed by atoms with Gasteiger partial charge in [0.05, 0.1) is 17.4 Å². The topological polar surface area (TPSA) is 73.2 Å². The highest BCUT2D eigenvalue weighted by atomic mass is 16.2. The Morgan fingerprint density at radius 3 is 2.58 bits per heavy atom. The van der Waals surface area contributed by atoms with Crippen LogP contribution in [-0.2, 0) is 11.3 Å². The Morgan fingerprint density at radius 2 is 1.85 bits per heavy atom. The first kappa shape index (κ1) is 22.3. The van der Waals surface area contributed by atoms with Crippen molar-refractivity contribution in [2.75, 3.05) is 31.1 Å². The number of amides is 3. The van der Waals surface area contributed by atoms with Crippen LogP contribution in [0.3, 0.4) is 0 Å². The third-order valence-electron chi connectivity index (χ3n) is 7.69. The molecule has 0 bridgehead atoms. The molecule has 3 aliphatic rings. The predicted molar refractivity (Wildman–Crippen MR) is 128 cm³/mol. The summed E-state index contributed by atoms with van der Waals surface area (Å²) in [5.74, 6) is 0.652.